The second-order valence-corrected chi connectivity index (χ2v) is 6.23. The molecule has 0 saturated heterocycles. The molecule has 1 aromatic heterocycles. The molecular weight excluding hydrogens is 356 g/mol. The molecular formula is C21H22N4O3. The van der Waals surface area contributed by atoms with E-state index in [1.807, 2.05) is 56.3 Å². The minimum atomic E-state index is -0.341. The Morgan fingerprint density at radius 1 is 0.929 bits per heavy atom. The zero-order valence-electron chi connectivity index (χ0n) is 16.2. The Labute approximate surface area is 163 Å². The van der Waals surface area contributed by atoms with Crippen molar-refractivity contribution in [3.05, 3.63) is 65.5 Å². The smallest absolute Gasteiger partial charge is 0.274 e. The van der Waals surface area contributed by atoms with Crippen LogP contribution >= 0.6 is 0 Å². The fourth-order valence-electron chi connectivity index (χ4n) is 2.65. The predicted molar refractivity (Wildman–Crippen MR) is 109 cm³/mol. The Morgan fingerprint density at radius 2 is 1.68 bits per heavy atom. The number of aromatic nitrogens is 2. The Kier molecular flexibility index (Phi) is 5.74. The van der Waals surface area contributed by atoms with Crippen molar-refractivity contribution >= 4 is 23.2 Å². The average Bonchev–Trinajstić information content (AvgIpc) is 2.68. The highest BCUT2D eigenvalue weighted by molar-refractivity contribution is 6.04. The van der Waals surface area contributed by atoms with Gasteiger partial charge in [0.05, 0.1) is 19.9 Å². The molecule has 144 valence electrons. The summed E-state index contributed by atoms with van der Waals surface area (Å²) in [5.41, 5.74) is 3.32. The first-order valence-corrected chi connectivity index (χ1v) is 8.71. The van der Waals surface area contributed by atoms with Gasteiger partial charge in [-0.1, -0.05) is 6.07 Å². The fourth-order valence-corrected chi connectivity index (χ4v) is 2.65. The molecule has 1 amide bonds. The summed E-state index contributed by atoms with van der Waals surface area (Å²) in [6.45, 7) is 3.76. The summed E-state index contributed by atoms with van der Waals surface area (Å²) in [6, 6.07) is 14.6. The van der Waals surface area contributed by atoms with Crippen LogP contribution in [0.1, 0.15) is 21.7 Å². The summed E-state index contributed by atoms with van der Waals surface area (Å²) in [4.78, 5) is 21.4. The monoisotopic (exact) mass is 378 g/mol. The van der Waals surface area contributed by atoms with E-state index in [4.69, 9.17) is 9.47 Å². The van der Waals surface area contributed by atoms with E-state index in [0.717, 1.165) is 17.0 Å². The number of carbonyl (C=O) groups is 1. The largest absolute Gasteiger partial charge is 0.497 e. The molecule has 0 fully saturated rings. The lowest BCUT2D eigenvalue weighted by atomic mass is 10.2. The van der Waals surface area contributed by atoms with Crippen molar-refractivity contribution in [3.63, 3.8) is 0 Å². The lowest BCUT2D eigenvalue weighted by Crippen LogP contribution is -2.16. The third kappa shape index (κ3) is 4.56. The molecule has 0 radical (unpaired) electrons. The number of aryl methyl sites for hydroxylation is 2. The number of carbonyl (C=O) groups excluding carboxylic acids is 1. The van der Waals surface area contributed by atoms with Gasteiger partial charge in [0.25, 0.3) is 5.91 Å². The van der Waals surface area contributed by atoms with E-state index < -0.39 is 0 Å². The van der Waals surface area contributed by atoms with Gasteiger partial charge in [-0.3, -0.25) is 4.79 Å². The number of ether oxygens (including phenoxy) is 2. The standard InChI is InChI=1S/C21H22N4O3/c1-13-5-10-19(28-4)17(11-13)24-20(26)18-12-14(2)22-21(25-18)23-15-6-8-16(27-3)9-7-15/h5-12H,1-4H3,(H,24,26)(H,22,23,25). The van der Waals surface area contributed by atoms with Crippen LogP contribution in [0.15, 0.2) is 48.5 Å². The summed E-state index contributed by atoms with van der Waals surface area (Å²) in [7, 11) is 3.17. The Bertz CT molecular complexity index is 987. The number of nitrogens with one attached hydrogen (secondary N) is 2. The van der Waals surface area contributed by atoms with Crippen molar-refractivity contribution in [2.45, 2.75) is 13.8 Å². The van der Waals surface area contributed by atoms with Crippen molar-refractivity contribution in [1.29, 1.82) is 0 Å². The quantitative estimate of drug-likeness (QED) is 0.671. The molecule has 7 heteroatoms. The average molecular weight is 378 g/mol. The normalized spacial score (nSPS) is 10.3. The van der Waals surface area contributed by atoms with E-state index in [1.165, 1.54) is 0 Å². The maximum absolute atomic E-state index is 12.7. The molecule has 3 rings (SSSR count). The molecule has 28 heavy (non-hydrogen) atoms. The highest BCUT2D eigenvalue weighted by Gasteiger charge is 2.14. The highest BCUT2D eigenvalue weighted by Crippen LogP contribution is 2.26. The number of rotatable bonds is 6. The molecule has 1 heterocycles. The van der Waals surface area contributed by atoms with E-state index >= 15 is 0 Å². The van der Waals surface area contributed by atoms with Crippen molar-refractivity contribution in [2.75, 3.05) is 24.9 Å². The van der Waals surface area contributed by atoms with Crippen LogP contribution in [0.2, 0.25) is 0 Å². The van der Waals surface area contributed by atoms with Crippen LogP contribution in [0, 0.1) is 13.8 Å². The third-order valence-corrected chi connectivity index (χ3v) is 4.04. The fraction of sp³-hybridized carbons (Fsp3) is 0.190. The number of hydrogen-bond donors (Lipinski definition) is 2. The van der Waals surface area contributed by atoms with E-state index in [0.29, 0.717) is 23.1 Å². The number of methoxy groups -OCH3 is 2. The number of nitrogens with zero attached hydrogens (tertiary/aromatic N) is 2. The highest BCUT2D eigenvalue weighted by atomic mass is 16.5. The van der Waals surface area contributed by atoms with Gasteiger partial charge < -0.3 is 20.1 Å². The molecule has 7 nitrogen and oxygen atoms in total. The number of benzene rings is 2. The van der Waals surface area contributed by atoms with Gasteiger partial charge in [-0.05, 0) is 61.9 Å². The van der Waals surface area contributed by atoms with Crippen LogP contribution in [0.5, 0.6) is 11.5 Å². The van der Waals surface area contributed by atoms with Gasteiger partial charge in [-0.2, -0.15) is 0 Å². The van der Waals surface area contributed by atoms with Gasteiger partial charge in [0.2, 0.25) is 5.95 Å². The second-order valence-electron chi connectivity index (χ2n) is 6.23. The van der Waals surface area contributed by atoms with E-state index in [2.05, 4.69) is 20.6 Å². The first-order chi connectivity index (χ1) is 13.5. The molecule has 0 atom stereocenters. The molecule has 2 N–H and O–H groups in total. The van der Waals surface area contributed by atoms with E-state index in [1.54, 1.807) is 20.3 Å². The Hall–Kier alpha value is -3.61. The van der Waals surface area contributed by atoms with Crippen molar-refractivity contribution in [3.8, 4) is 11.5 Å². The van der Waals surface area contributed by atoms with Crippen LogP contribution in [-0.4, -0.2) is 30.1 Å². The summed E-state index contributed by atoms with van der Waals surface area (Å²) in [6.07, 6.45) is 0. The van der Waals surface area contributed by atoms with E-state index in [9.17, 15) is 4.79 Å². The van der Waals surface area contributed by atoms with Gasteiger partial charge in [-0.15, -0.1) is 0 Å². The van der Waals surface area contributed by atoms with Gasteiger partial charge in [0.1, 0.15) is 17.2 Å². The molecule has 0 unspecified atom stereocenters. The predicted octanol–water partition coefficient (Wildman–Crippen LogP) is 4.11. The van der Waals surface area contributed by atoms with Gasteiger partial charge in [-0.25, -0.2) is 9.97 Å². The SMILES string of the molecule is COc1ccc(Nc2nc(C)cc(C(=O)Nc3cc(C)ccc3OC)n2)cc1. The lowest BCUT2D eigenvalue weighted by molar-refractivity contribution is 0.102. The molecule has 2 aromatic carbocycles. The van der Waals surface area contributed by atoms with Crippen LogP contribution in [0.25, 0.3) is 0 Å². The summed E-state index contributed by atoms with van der Waals surface area (Å²) in [5, 5.41) is 5.96. The molecule has 0 spiro atoms. The summed E-state index contributed by atoms with van der Waals surface area (Å²) in [5.74, 6) is 1.34. The lowest BCUT2D eigenvalue weighted by Gasteiger charge is -2.12. The zero-order valence-corrected chi connectivity index (χ0v) is 16.2. The molecule has 0 bridgehead atoms. The molecule has 0 aliphatic carbocycles. The molecule has 3 aromatic rings. The number of amides is 1. The minimum absolute atomic E-state index is 0.257. The van der Waals surface area contributed by atoms with E-state index in [-0.39, 0.29) is 11.6 Å². The van der Waals surface area contributed by atoms with Crippen LogP contribution < -0.4 is 20.1 Å². The number of hydrogen-bond acceptors (Lipinski definition) is 6. The van der Waals surface area contributed by atoms with Crippen molar-refractivity contribution < 1.29 is 14.3 Å². The van der Waals surface area contributed by atoms with Gasteiger partial charge >= 0.3 is 0 Å². The zero-order chi connectivity index (χ0) is 20.1. The summed E-state index contributed by atoms with van der Waals surface area (Å²) < 4.78 is 10.5. The van der Waals surface area contributed by atoms with Crippen molar-refractivity contribution in [1.82, 2.24) is 9.97 Å². The minimum Gasteiger partial charge on any atom is -0.497 e. The van der Waals surface area contributed by atoms with Crippen LogP contribution in [0.3, 0.4) is 0 Å². The van der Waals surface area contributed by atoms with Crippen LogP contribution in [-0.2, 0) is 0 Å². The number of anilines is 3. The maximum atomic E-state index is 12.7. The first kappa shape index (κ1) is 19.2. The van der Waals surface area contributed by atoms with Crippen LogP contribution in [0.4, 0.5) is 17.3 Å². The molecule has 0 aliphatic heterocycles. The van der Waals surface area contributed by atoms with Crippen molar-refractivity contribution in [2.24, 2.45) is 0 Å². The van der Waals surface area contributed by atoms with Gasteiger partial charge in [0, 0.05) is 11.4 Å². The Morgan fingerprint density at radius 3 is 2.36 bits per heavy atom. The summed E-state index contributed by atoms with van der Waals surface area (Å²) >= 11 is 0. The first-order valence-electron chi connectivity index (χ1n) is 8.71. The Balaban J connectivity index is 1.82. The molecule has 0 aliphatic rings. The van der Waals surface area contributed by atoms with Gasteiger partial charge in [0.15, 0.2) is 0 Å². The second kappa shape index (κ2) is 8.39. The molecule has 0 saturated carbocycles. The third-order valence-electron chi connectivity index (χ3n) is 4.04. The maximum Gasteiger partial charge on any atom is 0.274 e. The topological polar surface area (TPSA) is 85.4 Å².